The Labute approximate surface area is 337 Å². The summed E-state index contributed by atoms with van der Waals surface area (Å²) in [5.74, 6) is 0. The van der Waals surface area contributed by atoms with Gasteiger partial charge in [0.2, 0.25) is 0 Å². The maximum Gasteiger partial charge on any atom is 0.143 e. The number of rotatable bonds is 7. The van der Waals surface area contributed by atoms with Crippen LogP contribution in [0.3, 0.4) is 0 Å². The lowest BCUT2D eigenvalue weighted by molar-refractivity contribution is 0.670. The van der Waals surface area contributed by atoms with Gasteiger partial charge in [-0.1, -0.05) is 176 Å². The zero-order valence-corrected chi connectivity index (χ0v) is 31.7. The highest BCUT2D eigenvalue weighted by molar-refractivity contribution is 6.13. The summed E-state index contributed by atoms with van der Waals surface area (Å²) < 4.78 is 6.64. The molecule has 0 saturated heterocycles. The Balaban J connectivity index is 1.07. The standard InChI is InChI=1S/C56H37NO/c1-3-14-38(15-4-1)42-22-11-23-46(34-42)57(47-32-33-51(53(37-47)40-16-5-2-6-17-40)50-26-12-21-39-18-9-10-24-48(39)50)45-30-28-41(29-31-45)49-25-13-27-52-54-35-43-19-7-8-20-44(43)36-55(54)58-56(49)52/h1-37H. The summed E-state index contributed by atoms with van der Waals surface area (Å²) in [6.45, 7) is 0. The summed E-state index contributed by atoms with van der Waals surface area (Å²) >= 11 is 0. The molecule has 0 atom stereocenters. The molecule has 2 nitrogen and oxygen atoms in total. The smallest absolute Gasteiger partial charge is 0.143 e. The zero-order chi connectivity index (χ0) is 38.4. The van der Waals surface area contributed by atoms with E-state index in [0.29, 0.717) is 0 Å². The maximum atomic E-state index is 6.64. The Morgan fingerprint density at radius 2 is 0.845 bits per heavy atom. The van der Waals surface area contributed by atoms with E-state index < -0.39 is 0 Å². The lowest BCUT2D eigenvalue weighted by Gasteiger charge is -2.27. The molecule has 1 aromatic heterocycles. The molecule has 0 radical (unpaired) electrons. The van der Waals surface area contributed by atoms with Crippen LogP contribution >= 0.6 is 0 Å². The molecule has 0 bridgehead atoms. The fourth-order valence-corrected chi connectivity index (χ4v) is 8.63. The van der Waals surface area contributed by atoms with E-state index in [2.05, 4.69) is 229 Å². The molecule has 2 heteroatoms. The quantitative estimate of drug-likeness (QED) is 0.162. The molecule has 0 saturated carbocycles. The third-order valence-electron chi connectivity index (χ3n) is 11.4. The highest BCUT2D eigenvalue weighted by atomic mass is 16.3. The number of hydrogen-bond acceptors (Lipinski definition) is 2. The fourth-order valence-electron chi connectivity index (χ4n) is 8.63. The van der Waals surface area contributed by atoms with E-state index in [-0.39, 0.29) is 0 Å². The van der Waals surface area contributed by atoms with Crippen molar-refractivity contribution < 1.29 is 4.42 Å². The van der Waals surface area contributed by atoms with Crippen LogP contribution in [0.25, 0.3) is 88.0 Å². The van der Waals surface area contributed by atoms with Crippen molar-refractivity contribution in [2.24, 2.45) is 0 Å². The van der Waals surface area contributed by atoms with Crippen molar-refractivity contribution in [3.8, 4) is 44.5 Å². The normalized spacial score (nSPS) is 11.4. The molecule has 0 fully saturated rings. The van der Waals surface area contributed by atoms with Gasteiger partial charge in [-0.15, -0.1) is 0 Å². The van der Waals surface area contributed by atoms with Crippen molar-refractivity contribution in [2.45, 2.75) is 0 Å². The summed E-state index contributed by atoms with van der Waals surface area (Å²) in [6.07, 6.45) is 0. The number of nitrogens with zero attached hydrogens (tertiary/aromatic N) is 1. The Morgan fingerprint density at radius 3 is 1.66 bits per heavy atom. The number of anilines is 3. The van der Waals surface area contributed by atoms with Crippen molar-refractivity contribution >= 4 is 60.5 Å². The van der Waals surface area contributed by atoms with Gasteiger partial charge in [-0.05, 0) is 109 Å². The van der Waals surface area contributed by atoms with E-state index in [4.69, 9.17) is 4.42 Å². The Kier molecular flexibility index (Phi) is 8.19. The fraction of sp³-hybridized carbons (Fsp3) is 0. The average Bonchev–Trinajstić information content (AvgIpc) is 3.66. The van der Waals surface area contributed by atoms with Gasteiger partial charge in [-0.25, -0.2) is 0 Å². The van der Waals surface area contributed by atoms with Crippen LogP contribution in [0.15, 0.2) is 229 Å². The Morgan fingerprint density at radius 1 is 0.276 bits per heavy atom. The molecule has 58 heavy (non-hydrogen) atoms. The number of benzene rings is 10. The van der Waals surface area contributed by atoms with Gasteiger partial charge in [0.1, 0.15) is 11.2 Å². The lowest BCUT2D eigenvalue weighted by atomic mass is 9.90. The largest absolute Gasteiger partial charge is 0.455 e. The molecule has 11 rings (SSSR count). The van der Waals surface area contributed by atoms with E-state index in [1.807, 2.05) is 0 Å². The Hall–Kier alpha value is -7.68. The highest BCUT2D eigenvalue weighted by Crippen LogP contribution is 2.44. The van der Waals surface area contributed by atoms with Gasteiger partial charge in [-0.2, -0.15) is 0 Å². The molecule has 10 aromatic carbocycles. The minimum absolute atomic E-state index is 0.906. The summed E-state index contributed by atoms with van der Waals surface area (Å²) in [5, 5.41) is 7.13. The second kappa shape index (κ2) is 14.1. The predicted molar refractivity (Wildman–Crippen MR) is 245 cm³/mol. The van der Waals surface area contributed by atoms with Gasteiger partial charge in [0, 0.05) is 33.4 Å². The molecular formula is C56H37NO. The highest BCUT2D eigenvalue weighted by Gasteiger charge is 2.19. The van der Waals surface area contributed by atoms with E-state index >= 15 is 0 Å². The first-order valence-corrected chi connectivity index (χ1v) is 19.8. The average molecular weight is 740 g/mol. The minimum atomic E-state index is 0.906. The second-order valence-corrected chi connectivity index (χ2v) is 14.9. The van der Waals surface area contributed by atoms with Crippen LogP contribution in [0.1, 0.15) is 0 Å². The number of furan rings is 1. The van der Waals surface area contributed by atoms with Gasteiger partial charge in [0.25, 0.3) is 0 Å². The van der Waals surface area contributed by atoms with E-state index in [9.17, 15) is 0 Å². The third kappa shape index (κ3) is 5.91. The van der Waals surface area contributed by atoms with Gasteiger partial charge in [-0.3, -0.25) is 0 Å². The van der Waals surface area contributed by atoms with Crippen LogP contribution in [-0.2, 0) is 0 Å². The van der Waals surface area contributed by atoms with Crippen molar-refractivity contribution in [2.75, 3.05) is 4.90 Å². The first kappa shape index (κ1) is 33.6. The molecule has 0 amide bonds. The van der Waals surface area contributed by atoms with Crippen LogP contribution in [0.5, 0.6) is 0 Å². The van der Waals surface area contributed by atoms with Crippen molar-refractivity contribution in [3.05, 3.63) is 224 Å². The number of para-hydroxylation sites is 1. The van der Waals surface area contributed by atoms with Gasteiger partial charge >= 0.3 is 0 Å². The van der Waals surface area contributed by atoms with E-state index in [0.717, 1.165) is 50.1 Å². The predicted octanol–water partition coefficient (Wildman–Crippen LogP) is 16.0. The zero-order valence-electron chi connectivity index (χ0n) is 31.7. The van der Waals surface area contributed by atoms with E-state index in [1.165, 1.54) is 54.9 Å². The molecule has 0 unspecified atom stereocenters. The lowest BCUT2D eigenvalue weighted by Crippen LogP contribution is -2.10. The minimum Gasteiger partial charge on any atom is -0.455 e. The molecule has 0 N–H and O–H groups in total. The molecule has 272 valence electrons. The van der Waals surface area contributed by atoms with Crippen LogP contribution in [-0.4, -0.2) is 0 Å². The molecule has 11 aromatic rings. The summed E-state index contributed by atoms with van der Waals surface area (Å²) in [4.78, 5) is 2.38. The second-order valence-electron chi connectivity index (χ2n) is 14.9. The maximum absolute atomic E-state index is 6.64. The van der Waals surface area contributed by atoms with Gasteiger partial charge in [0.15, 0.2) is 0 Å². The van der Waals surface area contributed by atoms with Crippen LogP contribution in [0.4, 0.5) is 17.1 Å². The molecule has 0 aliphatic rings. The van der Waals surface area contributed by atoms with E-state index in [1.54, 1.807) is 0 Å². The van der Waals surface area contributed by atoms with Crippen LogP contribution in [0.2, 0.25) is 0 Å². The number of hydrogen-bond donors (Lipinski definition) is 0. The SMILES string of the molecule is c1ccc(-c2cccc(N(c3ccc(-c4cccc5c4oc4cc6ccccc6cc45)cc3)c3ccc(-c4cccc5ccccc45)c(-c4ccccc4)c3)c2)cc1. The van der Waals surface area contributed by atoms with Crippen molar-refractivity contribution in [3.63, 3.8) is 0 Å². The van der Waals surface area contributed by atoms with Crippen LogP contribution in [0, 0.1) is 0 Å². The molecule has 0 spiro atoms. The number of fused-ring (bicyclic) bond motifs is 5. The van der Waals surface area contributed by atoms with Crippen molar-refractivity contribution in [1.82, 2.24) is 0 Å². The molecule has 0 aliphatic carbocycles. The first-order chi connectivity index (χ1) is 28.7. The summed E-state index contributed by atoms with van der Waals surface area (Å²) in [5.41, 5.74) is 14.3. The molecular weight excluding hydrogens is 703 g/mol. The summed E-state index contributed by atoms with van der Waals surface area (Å²) in [6, 6.07) is 80.7. The summed E-state index contributed by atoms with van der Waals surface area (Å²) in [7, 11) is 0. The van der Waals surface area contributed by atoms with Crippen molar-refractivity contribution in [1.29, 1.82) is 0 Å². The van der Waals surface area contributed by atoms with Crippen LogP contribution < -0.4 is 4.90 Å². The monoisotopic (exact) mass is 739 g/mol. The topological polar surface area (TPSA) is 16.4 Å². The van der Waals surface area contributed by atoms with Gasteiger partial charge < -0.3 is 9.32 Å². The molecule has 0 aliphatic heterocycles. The van der Waals surface area contributed by atoms with Gasteiger partial charge in [0.05, 0.1) is 0 Å². The Bertz CT molecular complexity index is 3270. The molecule has 1 heterocycles. The first-order valence-electron chi connectivity index (χ1n) is 19.8. The third-order valence-corrected chi connectivity index (χ3v) is 11.4.